The Morgan fingerprint density at radius 1 is 1.21 bits per heavy atom. The van der Waals surface area contributed by atoms with E-state index in [0.29, 0.717) is 11.8 Å². The van der Waals surface area contributed by atoms with Crippen LogP contribution in [0.4, 0.5) is 10.5 Å². The Morgan fingerprint density at radius 3 is 2.32 bits per heavy atom. The van der Waals surface area contributed by atoms with Gasteiger partial charge in [-0.05, 0) is 36.5 Å². The Balaban J connectivity index is 2.55. The van der Waals surface area contributed by atoms with Gasteiger partial charge in [-0.1, -0.05) is 32.9 Å². The van der Waals surface area contributed by atoms with Crippen LogP contribution in [0, 0.1) is 0 Å². The van der Waals surface area contributed by atoms with E-state index in [9.17, 15) is 4.79 Å². The molecule has 0 aliphatic carbocycles. The third-order valence-corrected chi connectivity index (χ3v) is 3.74. The van der Waals surface area contributed by atoms with Gasteiger partial charge in [0.05, 0.1) is 0 Å². The molecule has 0 heterocycles. The number of hydrogen-bond donors (Lipinski definition) is 2. The van der Waals surface area contributed by atoms with Crippen LogP contribution in [0.25, 0.3) is 0 Å². The lowest BCUT2D eigenvalue weighted by Crippen LogP contribution is -2.38. The molecule has 2 amide bonds. The fourth-order valence-corrected chi connectivity index (χ4v) is 2.03. The van der Waals surface area contributed by atoms with E-state index in [4.69, 9.17) is 11.6 Å². The Kier molecular flexibility index (Phi) is 6.71. The van der Waals surface area contributed by atoms with Gasteiger partial charge in [-0.3, -0.25) is 0 Å². The van der Waals surface area contributed by atoms with E-state index >= 15 is 0 Å². The number of hydrogen-bond acceptors (Lipinski definition) is 1. The smallest absolute Gasteiger partial charge is 0.319 e. The molecule has 1 aromatic rings. The van der Waals surface area contributed by atoms with Crippen LogP contribution in [0.1, 0.15) is 45.1 Å². The lowest BCUT2D eigenvalue weighted by molar-refractivity contribution is 0.249. The minimum atomic E-state index is -0.205. The molecule has 0 aromatic heterocycles. The number of halogens is 1. The first-order valence-electron chi connectivity index (χ1n) is 6.84. The molecule has 0 bridgehead atoms. The highest BCUT2D eigenvalue weighted by Crippen LogP contribution is 2.20. The van der Waals surface area contributed by atoms with Crippen LogP contribution in [0.15, 0.2) is 24.3 Å². The molecule has 106 valence electrons. The second-order valence-corrected chi connectivity index (χ2v) is 5.10. The van der Waals surface area contributed by atoms with Crippen molar-refractivity contribution in [1.82, 2.24) is 5.32 Å². The largest absolute Gasteiger partial charge is 0.334 e. The summed E-state index contributed by atoms with van der Waals surface area (Å²) in [5.41, 5.74) is 2.09. The number of anilines is 1. The number of rotatable bonds is 6. The molecule has 3 nitrogen and oxygen atoms in total. The highest BCUT2D eigenvalue weighted by Gasteiger charge is 2.09. The number of carbonyl (C=O) groups is 1. The number of amides is 2. The summed E-state index contributed by atoms with van der Waals surface area (Å²) in [5.74, 6) is 0.972. The highest BCUT2D eigenvalue weighted by atomic mass is 35.5. The third kappa shape index (κ3) is 5.11. The summed E-state index contributed by atoms with van der Waals surface area (Å²) in [7, 11) is 0. The van der Waals surface area contributed by atoms with Gasteiger partial charge in [0.15, 0.2) is 0 Å². The SMILES string of the molecule is CC[C@H](CCl)NC(=O)Nc1ccc([C@H](C)CC)cc1. The van der Waals surface area contributed by atoms with Gasteiger partial charge >= 0.3 is 6.03 Å². The molecule has 0 saturated carbocycles. The van der Waals surface area contributed by atoms with Crippen LogP contribution in [-0.4, -0.2) is 18.0 Å². The average molecular weight is 283 g/mol. The van der Waals surface area contributed by atoms with Gasteiger partial charge in [0.1, 0.15) is 0 Å². The summed E-state index contributed by atoms with van der Waals surface area (Å²) in [6, 6.07) is 7.79. The number of nitrogens with one attached hydrogen (secondary N) is 2. The summed E-state index contributed by atoms with van der Waals surface area (Å²) < 4.78 is 0. The monoisotopic (exact) mass is 282 g/mol. The maximum atomic E-state index is 11.7. The van der Waals surface area contributed by atoms with Crippen molar-refractivity contribution in [2.24, 2.45) is 0 Å². The Morgan fingerprint density at radius 2 is 1.84 bits per heavy atom. The standard InChI is InChI=1S/C15H23ClN2O/c1-4-11(3)12-6-8-14(9-7-12)18-15(19)17-13(5-2)10-16/h6-9,11,13H,4-5,10H2,1-3H3,(H2,17,18,19)/t11-,13-/m1/s1. The molecule has 1 aromatic carbocycles. The van der Waals surface area contributed by atoms with Gasteiger partial charge in [-0.15, -0.1) is 11.6 Å². The van der Waals surface area contributed by atoms with Gasteiger partial charge in [-0.25, -0.2) is 4.79 Å². The fraction of sp³-hybridized carbons (Fsp3) is 0.533. The molecular formula is C15H23ClN2O. The lowest BCUT2D eigenvalue weighted by atomic mass is 9.99. The average Bonchev–Trinajstić information content (AvgIpc) is 2.44. The summed E-state index contributed by atoms with van der Waals surface area (Å²) in [6.45, 7) is 6.36. The van der Waals surface area contributed by atoms with Crippen molar-refractivity contribution < 1.29 is 4.79 Å². The molecule has 0 aliphatic heterocycles. The van der Waals surface area contributed by atoms with Gasteiger partial charge in [-0.2, -0.15) is 0 Å². The second-order valence-electron chi connectivity index (χ2n) is 4.79. The Labute approximate surface area is 120 Å². The first-order valence-corrected chi connectivity index (χ1v) is 7.37. The topological polar surface area (TPSA) is 41.1 Å². The van der Waals surface area contributed by atoms with E-state index < -0.39 is 0 Å². The van der Waals surface area contributed by atoms with Crippen molar-refractivity contribution in [3.8, 4) is 0 Å². The molecule has 19 heavy (non-hydrogen) atoms. The zero-order valence-electron chi connectivity index (χ0n) is 11.9. The molecule has 0 aliphatic rings. The zero-order valence-corrected chi connectivity index (χ0v) is 12.6. The van der Waals surface area contributed by atoms with Crippen molar-refractivity contribution in [2.75, 3.05) is 11.2 Å². The molecule has 0 spiro atoms. The van der Waals surface area contributed by atoms with E-state index in [2.05, 4.69) is 36.6 Å². The highest BCUT2D eigenvalue weighted by molar-refractivity contribution is 6.18. The van der Waals surface area contributed by atoms with Crippen molar-refractivity contribution in [1.29, 1.82) is 0 Å². The van der Waals surface area contributed by atoms with E-state index in [1.807, 2.05) is 19.1 Å². The molecule has 2 N–H and O–H groups in total. The Hall–Kier alpha value is -1.22. The molecule has 0 saturated heterocycles. The number of benzene rings is 1. The zero-order chi connectivity index (χ0) is 14.3. The molecule has 1 rings (SSSR count). The lowest BCUT2D eigenvalue weighted by Gasteiger charge is -2.15. The number of urea groups is 1. The third-order valence-electron chi connectivity index (χ3n) is 3.36. The summed E-state index contributed by atoms with van der Waals surface area (Å²) in [5, 5.41) is 5.65. The van der Waals surface area contributed by atoms with Crippen molar-refractivity contribution >= 4 is 23.3 Å². The first kappa shape index (κ1) is 15.8. The predicted molar refractivity (Wildman–Crippen MR) is 82.1 cm³/mol. The van der Waals surface area contributed by atoms with Crippen LogP contribution in [0.5, 0.6) is 0 Å². The molecule has 0 radical (unpaired) electrons. The molecule has 2 atom stereocenters. The maximum Gasteiger partial charge on any atom is 0.319 e. The van der Waals surface area contributed by atoms with Crippen LogP contribution >= 0.6 is 11.6 Å². The number of alkyl halides is 1. The van der Waals surface area contributed by atoms with Crippen LogP contribution < -0.4 is 10.6 Å². The normalized spacial score (nSPS) is 13.7. The molecule has 0 fully saturated rings. The van der Waals surface area contributed by atoms with Crippen LogP contribution in [0.3, 0.4) is 0 Å². The molecule has 4 heteroatoms. The molecular weight excluding hydrogens is 260 g/mol. The minimum absolute atomic E-state index is 0.0149. The maximum absolute atomic E-state index is 11.7. The number of carbonyl (C=O) groups excluding carboxylic acids is 1. The summed E-state index contributed by atoms with van der Waals surface area (Å²) in [6.07, 6.45) is 1.94. The van der Waals surface area contributed by atoms with E-state index in [1.54, 1.807) is 0 Å². The summed E-state index contributed by atoms with van der Waals surface area (Å²) >= 11 is 5.74. The van der Waals surface area contributed by atoms with E-state index in [-0.39, 0.29) is 12.1 Å². The quantitative estimate of drug-likeness (QED) is 0.749. The van der Waals surface area contributed by atoms with Gasteiger partial charge in [0, 0.05) is 17.6 Å². The Bertz CT molecular complexity index is 388. The predicted octanol–water partition coefficient (Wildman–Crippen LogP) is 4.34. The first-order chi connectivity index (χ1) is 9.10. The van der Waals surface area contributed by atoms with E-state index in [1.165, 1.54) is 5.56 Å². The van der Waals surface area contributed by atoms with Crippen molar-refractivity contribution in [2.45, 2.75) is 45.6 Å². The second kappa shape index (κ2) is 8.05. The minimum Gasteiger partial charge on any atom is -0.334 e. The summed E-state index contributed by atoms with van der Waals surface area (Å²) in [4.78, 5) is 11.7. The molecule has 0 unspecified atom stereocenters. The van der Waals surface area contributed by atoms with Crippen molar-refractivity contribution in [3.05, 3.63) is 29.8 Å². The van der Waals surface area contributed by atoms with Gasteiger partial charge < -0.3 is 10.6 Å². The fourth-order valence-electron chi connectivity index (χ4n) is 1.73. The van der Waals surface area contributed by atoms with Crippen LogP contribution in [0.2, 0.25) is 0 Å². The van der Waals surface area contributed by atoms with E-state index in [0.717, 1.165) is 18.5 Å². The van der Waals surface area contributed by atoms with Gasteiger partial charge in [0.25, 0.3) is 0 Å². The van der Waals surface area contributed by atoms with Crippen molar-refractivity contribution in [3.63, 3.8) is 0 Å². The van der Waals surface area contributed by atoms with Crippen LogP contribution in [-0.2, 0) is 0 Å². The van der Waals surface area contributed by atoms with Gasteiger partial charge in [0.2, 0.25) is 0 Å².